The lowest BCUT2D eigenvalue weighted by Crippen LogP contribution is -2.30. The summed E-state index contributed by atoms with van der Waals surface area (Å²) in [6.07, 6.45) is 4.07. The number of nitrogens with zero attached hydrogens (tertiary/aromatic N) is 3. The van der Waals surface area contributed by atoms with Gasteiger partial charge in [0.25, 0.3) is 0 Å². The van der Waals surface area contributed by atoms with Gasteiger partial charge in [0.15, 0.2) is 5.76 Å². The lowest BCUT2D eigenvalue weighted by atomic mass is 9.99. The zero-order valence-electron chi connectivity index (χ0n) is 11.4. The van der Waals surface area contributed by atoms with Crippen molar-refractivity contribution in [2.45, 2.75) is 13.0 Å². The van der Waals surface area contributed by atoms with Gasteiger partial charge in [0.2, 0.25) is 0 Å². The van der Waals surface area contributed by atoms with Gasteiger partial charge in [-0.15, -0.1) is 0 Å². The molecular weight excluding hydrogens is 262 g/mol. The quantitative estimate of drug-likeness (QED) is 0.789. The van der Waals surface area contributed by atoms with Crippen molar-refractivity contribution in [3.05, 3.63) is 59.1 Å². The summed E-state index contributed by atoms with van der Waals surface area (Å²) in [5.74, 6) is 0.562. The van der Waals surface area contributed by atoms with E-state index in [9.17, 15) is 0 Å². The maximum absolute atomic E-state index is 8.86. The fraction of sp³-hybridized carbons (Fsp3) is 0.176. The summed E-state index contributed by atoms with van der Waals surface area (Å²) in [4.78, 5) is 2.21. The molecule has 0 bridgehead atoms. The Morgan fingerprint density at radius 2 is 1.90 bits per heavy atom. The Morgan fingerprint density at radius 1 is 1.14 bits per heavy atom. The number of furan rings is 1. The van der Waals surface area contributed by atoms with Crippen LogP contribution in [-0.2, 0) is 13.0 Å². The highest BCUT2D eigenvalue weighted by atomic mass is 16.3. The van der Waals surface area contributed by atoms with Crippen molar-refractivity contribution in [1.29, 1.82) is 10.5 Å². The van der Waals surface area contributed by atoms with Gasteiger partial charge in [-0.3, -0.25) is 0 Å². The first-order chi connectivity index (χ1) is 10.3. The zero-order chi connectivity index (χ0) is 14.7. The molecule has 0 N–H and O–H groups in total. The Kier molecular flexibility index (Phi) is 3.45. The first-order valence-electron chi connectivity index (χ1n) is 6.73. The Balaban J connectivity index is 1.91. The standard InChI is InChI=1S/C17H13N3O/c18-10-13(11-19)9-17-16(6-8-21-17)20-7-5-14-3-1-2-4-15(14)12-20/h1-4,6,8-9H,5,7,12H2. The second kappa shape index (κ2) is 5.56. The van der Waals surface area contributed by atoms with E-state index in [-0.39, 0.29) is 5.57 Å². The molecule has 2 heterocycles. The Morgan fingerprint density at radius 3 is 2.67 bits per heavy atom. The maximum atomic E-state index is 8.86. The van der Waals surface area contributed by atoms with E-state index in [0.717, 1.165) is 25.2 Å². The number of rotatable bonds is 2. The van der Waals surface area contributed by atoms with Crippen LogP contribution in [0, 0.1) is 22.7 Å². The third-order valence-corrected chi connectivity index (χ3v) is 3.66. The number of fused-ring (bicyclic) bond motifs is 1. The second-order valence-electron chi connectivity index (χ2n) is 4.89. The van der Waals surface area contributed by atoms with E-state index >= 15 is 0 Å². The first-order valence-corrected chi connectivity index (χ1v) is 6.73. The monoisotopic (exact) mass is 275 g/mol. The van der Waals surface area contributed by atoms with Gasteiger partial charge in [-0.1, -0.05) is 24.3 Å². The summed E-state index contributed by atoms with van der Waals surface area (Å²) < 4.78 is 5.42. The van der Waals surface area contributed by atoms with Crippen molar-refractivity contribution in [1.82, 2.24) is 0 Å². The highest BCUT2D eigenvalue weighted by Gasteiger charge is 2.19. The normalized spacial score (nSPS) is 13.0. The van der Waals surface area contributed by atoms with Crippen LogP contribution >= 0.6 is 0 Å². The van der Waals surface area contributed by atoms with E-state index in [0.29, 0.717) is 5.76 Å². The predicted molar refractivity (Wildman–Crippen MR) is 79.1 cm³/mol. The smallest absolute Gasteiger partial charge is 0.151 e. The fourth-order valence-corrected chi connectivity index (χ4v) is 2.61. The van der Waals surface area contributed by atoms with E-state index in [4.69, 9.17) is 14.9 Å². The van der Waals surface area contributed by atoms with E-state index in [2.05, 4.69) is 23.1 Å². The third-order valence-electron chi connectivity index (χ3n) is 3.66. The number of anilines is 1. The number of allylic oxidation sites excluding steroid dienone is 1. The Bertz CT molecular complexity index is 758. The molecule has 0 saturated carbocycles. The molecule has 21 heavy (non-hydrogen) atoms. The summed E-state index contributed by atoms with van der Waals surface area (Å²) >= 11 is 0. The van der Waals surface area contributed by atoms with E-state index in [1.165, 1.54) is 17.2 Å². The lowest BCUT2D eigenvalue weighted by Gasteiger charge is -2.30. The van der Waals surface area contributed by atoms with Crippen molar-refractivity contribution in [3.63, 3.8) is 0 Å². The fourth-order valence-electron chi connectivity index (χ4n) is 2.61. The highest BCUT2D eigenvalue weighted by molar-refractivity contribution is 5.69. The highest BCUT2D eigenvalue weighted by Crippen LogP contribution is 2.29. The Labute approximate surface area is 123 Å². The molecule has 1 aromatic heterocycles. The van der Waals surface area contributed by atoms with Crippen molar-refractivity contribution < 1.29 is 4.42 Å². The molecule has 0 spiro atoms. The molecule has 4 heteroatoms. The minimum Gasteiger partial charge on any atom is -0.463 e. The molecule has 0 aliphatic carbocycles. The lowest BCUT2D eigenvalue weighted by molar-refractivity contribution is 0.554. The summed E-state index contributed by atoms with van der Waals surface area (Å²) in [5, 5.41) is 17.7. The van der Waals surface area contributed by atoms with Crippen LogP contribution < -0.4 is 4.90 Å². The van der Waals surface area contributed by atoms with Crippen LogP contribution in [0.25, 0.3) is 6.08 Å². The SMILES string of the molecule is N#CC(C#N)=Cc1occc1N1CCc2ccccc2C1. The number of hydrogen-bond donors (Lipinski definition) is 0. The van der Waals surface area contributed by atoms with Gasteiger partial charge in [-0.05, 0) is 17.5 Å². The van der Waals surface area contributed by atoms with Crippen LogP contribution in [0.3, 0.4) is 0 Å². The molecule has 1 aromatic carbocycles. The molecule has 1 aliphatic rings. The van der Waals surface area contributed by atoms with E-state index < -0.39 is 0 Å². The van der Waals surface area contributed by atoms with Crippen LogP contribution in [-0.4, -0.2) is 6.54 Å². The first kappa shape index (κ1) is 13.0. The molecular formula is C17H13N3O. The molecule has 1 aliphatic heterocycles. The van der Waals surface area contributed by atoms with Crippen molar-refractivity contribution in [2.24, 2.45) is 0 Å². The van der Waals surface area contributed by atoms with Crippen LogP contribution in [0.2, 0.25) is 0 Å². The van der Waals surface area contributed by atoms with Crippen LogP contribution in [0.5, 0.6) is 0 Å². The van der Waals surface area contributed by atoms with E-state index in [1.54, 1.807) is 6.26 Å². The van der Waals surface area contributed by atoms with Gasteiger partial charge in [-0.25, -0.2) is 0 Å². The Hall–Kier alpha value is -2.98. The van der Waals surface area contributed by atoms with Gasteiger partial charge in [0, 0.05) is 25.2 Å². The maximum Gasteiger partial charge on any atom is 0.151 e. The van der Waals surface area contributed by atoms with Gasteiger partial charge in [0.05, 0.1) is 12.0 Å². The van der Waals surface area contributed by atoms with Crippen LogP contribution in [0.1, 0.15) is 16.9 Å². The van der Waals surface area contributed by atoms with Crippen molar-refractivity contribution >= 4 is 11.8 Å². The van der Waals surface area contributed by atoms with E-state index in [1.807, 2.05) is 24.3 Å². The predicted octanol–water partition coefficient (Wildman–Crippen LogP) is 3.27. The molecule has 0 unspecified atom stereocenters. The average Bonchev–Trinajstić information content (AvgIpc) is 3.00. The average molecular weight is 275 g/mol. The molecule has 2 aromatic rings. The minimum atomic E-state index is 0.0450. The molecule has 0 amide bonds. The zero-order valence-corrected chi connectivity index (χ0v) is 11.4. The molecule has 4 nitrogen and oxygen atoms in total. The van der Waals surface area contributed by atoms with Gasteiger partial charge < -0.3 is 9.32 Å². The molecule has 0 fully saturated rings. The summed E-state index contributed by atoms with van der Waals surface area (Å²) in [5.41, 5.74) is 3.65. The van der Waals surface area contributed by atoms with Gasteiger partial charge >= 0.3 is 0 Å². The van der Waals surface area contributed by atoms with Crippen molar-refractivity contribution in [3.8, 4) is 12.1 Å². The minimum absolute atomic E-state index is 0.0450. The van der Waals surface area contributed by atoms with Gasteiger partial charge in [0.1, 0.15) is 17.7 Å². The third kappa shape index (κ3) is 2.52. The topological polar surface area (TPSA) is 64.0 Å². The van der Waals surface area contributed by atoms with Crippen molar-refractivity contribution in [2.75, 3.05) is 11.4 Å². The van der Waals surface area contributed by atoms with Crippen LogP contribution in [0.4, 0.5) is 5.69 Å². The molecule has 0 saturated heterocycles. The summed E-state index contributed by atoms with van der Waals surface area (Å²) in [6.45, 7) is 1.71. The molecule has 102 valence electrons. The largest absolute Gasteiger partial charge is 0.463 e. The summed E-state index contributed by atoms with van der Waals surface area (Å²) in [6, 6.07) is 14.0. The van der Waals surface area contributed by atoms with Crippen LogP contribution in [0.15, 0.2) is 46.6 Å². The number of nitriles is 2. The number of benzene rings is 1. The molecule has 3 rings (SSSR count). The molecule has 0 atom stereocenters. The number of hydrogen-bond acceptors (Lipinski definition) is 4. The second-order valence-corrected chi connectivity index (χ2v) is 4.89. The van der Waals surface area contributed by atoms with Gasteiger partial charge in [-0.2, -0.15) is 10.5 Å². The summed E-state index contributed by atoms with van der Waals surface area (Å²) in [7, 11) is 0. The molecule has 0 radical (unpaired) electrons.